The van der Waals surface area contributed by atoms with Crippen LogP contribution in [-0.2, 0) is 9.84 Å². The molecule has 1 rings (SSSR count). The second-order valence-corrected chi connectivity index (χ2v) is 4.81. The molecule has 0 saturated carbocycles. The van der Waals surface area contributed by atoms with E-state index in [0.29, 0.717) is 6.42 Å². The van der Waals surface area contributed by atoms with Crippen molar-refractivity contribution >= 4 is 15.5 Å². The molecule has 1 aromatic rings. The Morgan fingerprint density at radius 2 is 2.23 bits per heavy atom. The maximum absolute atomic E-state index is 11.5. The van der Waals surface area contributed by atoms with Gasteiger partial charge in [0.15, 0.2) is 9.84 Å². The first-order chi connectivity index (χ1) is 6.08. The van der Waals surface area contributed by atoms with Crippen LogP contribution in [0.3, 0.4) is 0 Å². The van der Waals surface area contributed by atoms with Crippen molar-refractivity contribution in [2.24, 2.45) is 0 Å². The fraction of sp³-hybridized carbons (Fsp3) is 0.375. The fourth-order valence-corrected chi connectivity index (χ4v) is 2.49. The molecule has 0 aliphatic carbocycles. The molecular formula is C8H12N2O2S. The number of nitrogens with two attached hydrogens (primary N) is 1. The molecule has 0 fully saturated rings. The van der Waals surface area contributed by atoms with Gasteiger partial charge in [-0.05, 0) is 12.5 Å². The van der Waals surface area contributed by atoms with Gasteiger partial charge in [0.05, 0.1) is 22.5 Å². The average molecular weight is 200 g/mol. The third-order valence-corrected chi connectivity index (χ3v) is 3.61. The van der Waals surface area contributed by atoms with Crippen LogP contribution in [0.5, 0.6) is 0 Å². The van der Waals surface area contributed by atoms with Gasteiger partial charge in [-0.2, -0.15) is 0 Å². The Balaban J connectivity index is 3.15. The van der Waals surface area contributed by atoms with Crippen molar-refractivity contribution in [3.63, 3.8) is 0 Å². The van der Waals surface area contributed by atoms with Crippen molar-refractivity contribution in [2.75, 3.05) is 11.5 Å². The lowest BCUT2D eigenvalue weighted by atomic mass is 10.4. The Morgan fingerprint density at radius 1 is 1.54 bits per heavy atom. The number of nitrogen functional groups attached to an aromatic ring is 1. The number of hydrogen-bond acceptors (Lipinski definition) is 4. The first kappa shape index (κ1) is 9.98. The molecule has 0 spiro atoms. The van der Waals surface area contributed by atoms with E-state index in [1.165, 1.54) is 18.5 Å². The van der Waals surface area contributed by atoms with E-state index in [9.17, 15) is 8.42 Å². The number of nitrogens with zero attached hydrogens (tertiary/aromatic N) is 1. The van der Waals surface area contributed by atoms with E-state index in [2.05, 4.69) is 4.98 Å². The molecule has 1 aromatic heterocycles. The van der Waals surface area contributed by atoms with E-state index in [-0.39, 0.29) is 16.3 Å². The highest BCUT2D eigenvalue weighted by atomic mass is 32.2. The van der Waals surface area contributed by atoms with Gasteiger partial charge in [-0.15, -0.1) is 0 Å². The first-order valence-electron chi connectivity index (χ1n) is 4.00. The van der Waals surface area contributed by atoms with Crippen LogP contribution in [0.4, 0.5) is 5.69 Å². The SMILES string of the molecule is CCCS(=O)(=O)c1ccncc1N. The Kier molecular flexibility index (Phi) is 2.87. The maximum atomic E-state index is 11.5. The van der Waals surface area contributed by atoms with Gasteiger partial charge in [0.25, 0.3) is 0 Å². The molecule has 5 heteroatoms. The molecule has 0 unspecified atom stereocenters. The highest BCUT2D eigenvalue weighted by molar-refractivity contribution is 7.91. The van der Waals surface area contributed by atoms with Crippen LogP contribution in [0.1, 0.15) is 13.3 Å². The van der Waals surface area contributed by atoms with Crippen molar-refractivity contribution in [3.05, 3.63) is 18.5 Å². The van der Waals surface area contributed by atoms with Gasteiger partial charge in [0.2, 0.25) is 0 Å². The Bertz CT molecular complexity index is 387. The van der Waals surface area contributed by atoms with E-state index >= 15 is 0 Å². The lowest BCUT2D eigenvalue weighted by Crippen LogP contribution is -2.08. The zero-order chi connectivity index (χ0) is 9.90. The number of aromatic nitrogens is 1. The van der Waals surface area contributed by atoms with Gasteiger partial charge in [-0.25, -0.2) is 8.42 Å². The van der Waals surface area contributed by atoms with Gasteiger partial charge in [-0.1, -0.05) is 6.92 Å². The van der Waals surface area contributed by atoms with E-state index in [1.807, 2.05) is 6.92 Å². The summed E-state index contributed by atoms with van der Waals surface area (Å²) >= 11 is 0. The van der Waals surface area contributed by atoms with E-state index in [0.717, 1.165) is 0 Å². The summed E-state index contributed by atoms with van der Waals surface area (Å²) in [4.78, 5) is 3.91. The second kappa shape index (κ2) is 3.74. The van der Waals surface area contributed by atoms with Gasteiger partial charge >= 0.3 is 0 Å². The van der Waals surface area contributed by atoms with E-state index in [1.54, 1.807) is 0 Å². The van der Waals surface area contributed by atoms with Crippen LogP contribution in [0.25, 0.3) is 0 Å². The quantitative estimate of drug-likeness (QED) is 0.785. The Labute approximate surface area is 77.7 Å². The summed E-state index contributed by atoms with van der Waals surface area (Å²) in [5, 5.41) is 0. The van der Waals surface area contributed by atoms with Crippen molar-refractivity contribution in [2.45, 2.75) is 18.2 Å². The summed E-state index contributed by atoms with van der Waals surface area (Å²) in [5.41, 5.74) is 5.71. The molecule has 2 N–H and O–H groups in total. The molecule has 0 aromatic carbocycles. The third-order valence-electron chi connectivity index (χ3n) is 1.62. The molecule has 0 bridgehead atoms. The van der Waals surface area contributed by atoms with Crippen molar-refractivity contribution in [1.82, 2.24) is 4.98 Å². The van der Waals surface area contributed by atoms with Crippen LogP contribution >= 0.6 is 0 Å². The predicted molar refractivity (Wildman–Crippen MR) is 51.0 cm³/mol. The minimum absolute atomic E-state index is 0.126. The minimum Gasteiger partial charge on any atom is -0.396 e. The predicted octanol–water partition coefficient (Wildman–Crippen LogP) is 0.848. The number of sulfone groups is 1. The number of pyridine rings is 1. The Morgan fingerprint density at radius 3 is 2.77 bits per heavy atom. The summed E-state index contributed by atoms with van der Waals surface area (Å²) in [7, 11) is -3.21. The number of hydrogen-bond donors (Lipinski definition) is 1. The van der Waals surface area contributed by atoms with Crippen LogP contribution in [0.15, 0.2) is 23.4 Å². The van der Waals surface area contributed by atoms with Crippen LogP contribution < -0.4 is 5.73 Å². The second-order valence-electron chi connectivity index (χ2n) is 2.73. The van der Waals surface area contributed by atoms with E-state index < -0.39 is 9.84 Å². The molecule has 1 heterocycles. The van der Waals surface area contributed by atoms with Gasteiger partial charge in [0, 0.05) is 6.20 Å². The summed E-state index contributed by atoms with van der Waals surface area (Å²) in [5.74, 6) is 0.126. The standard InChI is InChI=1S/C8H12N2O2S/c1-2-5-13(11,12)8-3-4-10-6-7(8)9/h3-4,6H,2,5,9H2,1H3. The van der Waals surface area contributed by atoms with Gasteiger partial charge in [-0.3, -0.25) is 4.98 Å². The topological polar surface area (TPSA) is 73.0 Å². The van der Waals surface area contributed by atoms with Crippen LogP contribution in [0.2, 0.25) is 0 Å². The average Bonchev–Trinajstić information content (AvgIpc) is 2.04. The van der Waals surface area contributed by atoms with Crippen LogP contribution in [-0.4, -0.2) is 19.2 Å². The van der Waals surface area contributed by atoms with E-state index in [4.69, 9.17) is 5.73 Å². The number of anilines is 1. The molecule has 0 aliphatic rings. The zero-order valence-corrected chi connectivity index (χ0v) is 8.21. The molecule has 13 heavy (non-hydrogen) atoms. The smallest absolute Gasteiger partial charge is 0.180 e. The monoisotopic (exact) mass is 200 g/mol. The fourth-order valence-electron chi connectivity index (χ4n) is 1.06. The van der Waals surface area contributed by atoms with Gasteiger partial charge < -0.3 is 5.73 Å². The van der Waals surface area contributed by atoms with Crippen molar-refractivity contribution in [3.8, 4) is 0 Å². The normalized spacial score (nSPS) is 11.5. The highest BCUT2D eigenvalue weighted by Crippen LogP contribution is 2.17. The molecule has 4 nitrogen and oxygen atoms in total. The molecule has 0 amide bonds. The highest BCUT2D eigenvalue weighted by Gasteiger charge is 2.15. The minimum atomic E-state index is -3.21. The molecule has 72 valence electrons. The largest absolute Gasteiger partial charge is 0.396 e. The first-order valence-corrected chi connectivity index (χ1v) is 5.65. The summed E-state index contributed by atoms with van der Waals surface area (Å²) in [6, 6.07) is 1.43. The molecule has 0 aliphatic heterocycles. The molecular weight excluding hydrogens is 188 g/mol. The zero-order valence-electron chi connectivity index (χ0n) is 7.40. The lowest BCUT2D eigenvalue weighted by molar-refractivity contribution is 0.595. The lowest BCUT2D eigenvalue weighted by Gasteiger charge is -2.04. The molecule has 0 atom stereocenters. The number of rotatable bonds is 3. The molecule has 0 radical (unpaired) electrons. The summed E-state index contributed by atoms with van der Waals surface area (Å²) < 4.78 is 23.1. The Hall–Kier alpha value is -1.10. The van der Waals surface area contributed by atoms with Crippen molar-refractivity contribution < 1.29 is 8.42 Å². The third kappa shape index (κ3) is 2.18. The van der Waals surface area contributed by atoms with Crippen molar-refractivity contribution in [1.29, 1.82) is 0 Å². The van der Waals surface area contributed by atoms with Gasteiger partial charge in [0.1, 0.15) is 0 Å². The summed E-state index contributed by atoms with van der Waals surface area (Å²) in [6.45, 7) is 1.81. The van der Waals surface area contributed by atoms with Crippen LogP contribution in [0, 0.1) is 0 Å². The maximum Gasteiger partial charge on any atom is 0.180 e. The molecule has 0 saturated heterocycles. The summed E-state index contributed by atoms with van der Waals surface area (Å²) in [6.07, 6.45) is 3.37.